The van der Waals surface area contributed by atoms with Crippen LogP contribution in [0.4, 0.5) is 0 Å². The average Bonchev–Trinajstić information content (AvgIpc) is 2.26. The molecular formula is C15H18O. The van der Waals surface area contributed by atoms with Gasteiger partial charge in [-0.3, -0.25) is 0 Å². The van der Waals surface area contributed by atoms with Crippen molar-refractivity contribution in [2.45, 2.75) is 33.1 Å². The first-order valence-corrected chi connectivity index (χ1v) is 5.79. The molecule has 0 heterocycles. The smallest absolute Gasteiger partial charge is 0.128 e. The second-order valence-electron chi connectivity index (χ2n) is 4.48. The van der Waals surface area contributed by atoms with E-state index in [1.807, 2.05) is 12.1 Å². The lowest BCUT2D eigenvalue weighted by atomic mass is 9.95. The topological polar surface area (TPSA) is 9.23 Å². The summed E-state index contributed by atoms with van der Waals surface area (Å²) in [6.07, 6.45) is 3.38. The van der Waals surface area contributed by atoms with Crippen LogP contribution in [0, 0.1) is 6.92 Å². The van der Waals surface area contributed by atoms with Crippen molar-refractivity contribution >= 4 is 0 Å². The van der Waals surface area contributed by atoms with Crippen molar-refractivity contribution in [1.29, 1.82) is 0 Å². The Morgan fingerprint density at radius 3 is 2.38 bits per heavy atom. The van der Waals surface area contributed by atoms with Gasteiger partial charge in [-0.1, -0.05) is 24.3 Å². The molecular weight excluding hydrogens is 196 g/mol. The van der Waals surface area contributed by atoms with Crippen LogP contribution in [0.15, 0.2) is 47.7 Å². The van der Waals surface area contributed by atoms with Gasteiger partial charge in [-0.15, -0.1) is 0 Å². The van der Waals surface area contributed by atoms with E-state index in [-0.39, 0.29) is 0 Å². The number of aryl methyl sites for hydroxylation is 1. The highest BCUT2D eigenvalue weighted by Crippen LogP contribution is 2.30. The normalized spacial score (nSPS) is 16.5. The summed E-state index contributed by atoms with van der Waals surface area (Å²) in [5.41, 5.74) is 3.70. The summed E-state index contributed by atoms with van der Waals surface area (Å²) in [6, 6.07) is 8.16. The molecule has 1 nitrogen and oxygen atoms in total. The second-order valence-corrected chi connectivity index (χ2v) is 4.48. The minimum absolute atomic E-state index is 0.906. The van der Waals surface area contributed by atoms with Crippen LogP contribution in [0.25, 0.3) is 0 Å². The van der Waals surface area contributed by atoms with Crippen molar-refractivity contribution in [3.63, 3.8) is 0 Å². The molecule has 1 heteroatoms. The molecule has 0 saturated carbocycles. The van der Waals surface area contributed by atoms with Crippen molar-refractivity contribution in [3.05, 3.63) is 53.3 Å². The van der Waals surface area contributed by atoms with Crippen LogP contribution in [-0.4, -0.2) is 0 Å². The quantitative estimate of drug-likeness (QED) is 0.709. The molecule has 0 bridgehead atoms. The van der Waals surface area contributed by atoms with Crippen LogP contribution >= 0.6 is 0 Å². The minimum Gasteiger partial charge on any atom is -0.457 e. The average molecular weight is 214 g/mol. The maximum absolute atomic E-state index is 5.91. The van der Waals surface area contributed by atoms with Gasteiger partial charge in [0, 0.05) is 0 Å². The fourth-order valence-corrected chi connectivity index (χ4v) is 1.98. The highest BCUT2D eigenvalue weighted by atomic mass is 16.5. The van der Waals surface area contributed by atoms with E-state index < -0.39 is 0 Å². The van der Waals surface area contributed by atoms with Crippen LogP contribution in [-0.2, 0) is 0 Å². The van der Waals surface area contributed by atoms with Gasteiger partial charge in [0.25, 0.3) is 0 Å². The molecule has 16 heavy (non-hydrogen) atoms. The minimum atomic E-state index is 0.906. The van der Waals surface area contributed by atoms with Gasteiger partial charge in [-0.2, -0.15) is 0 Å². The van der Waals surface area contributed by atoms with Gasteiger partial charge in [0.1, 0.15) is 11.5 Å². The Hall–Kier alpha value is -1.50. The summed E-state index contributed by atoms with van der Waals surface area (Å²) in [5.74, 6) is 1.90. The first-order chi connectivity index (χ1) is 7.66. The van der Waals surface area contributed by atoms with Gasteiger partial charge in [0.15, 0.2) is 0 Å². The zero-order chi connectivity index (χ0) is 11.5. The zero-order valence-electron chi connectivity index (χ0n) is 10.0. The van der Waals surface area contributed by atoms with E-state index in [9.17, 15) is 0 Å². The molecule has 1 aliphatic rings. The number of hydrogen-bond acceptors (Lipinski definition) is 1. The molecule has 1 aromatic rings. The molecule has 0 amide bonds. The molecule has 0 fully saturated rings. The molecule has 2 rings (SSSR count). The molecule has 0 atom stereocenters. The molecule has 84 valence electrons. The maximum Gasteiger partial charge on any atom is 0.128 e. The van der Waals surface area contributed by atoms with Crippen LogP contribution in [0.3, 0.4) is 0 Å². The van der Waals surface area contributed by atoms with Gasteiger partial charge < -0.3 is 4.74 Å². The lowest BCUT2D eigenvalue weighted by molar-refractivity contribution is 0.413. The Morgan fingerprint density at radius 2 is 1.75 bits per heavy atom. The fraction of sp³-hybridized carbons (Fsp3) is 0.333. The van der Waals surface area contributed by atoms with Gasteiger partial charge in [0.05, 0.1) is 0 Å². The Balaban J connectivity index is 2.20. The lowest BCUT2D eigenvalue weighted by Crippen LogP contribution is -2.06. The molecule has 0 aliphatic heterocycles. The molecule has 1 aliphatic carbocycles. The third-order valence-electron chi connectivity index (χ3n) is 2.98. The van der Waals surface area contributed by atoms with Crippen molar-refractivity contribution in [2.24, 2.45) is 0 Å². The van der Waals surface area contributed by atoms with E-state index in [1.165, 1.54) is 17.6 Å². The van der Waals surface area contributed by atoms with E-state index in [4.69, 9.17) is 4.74 Å². The summed E-state index contributed by atoms with van der Waals surface area (Å²) in [7, 11) is 0. The van der Waals surface area contributed by atoms with Crippen molar-refractivity contribution in [3.8, 4) is 5.75 Å². The van der Waals surface area contributed by atoms with Crippen molar-refractivity contribution < 1.29 is 4.74 Å². The highest BCUT2D eigenvalue weighted by molar-refractivity contribution is 5.36. The van der Waals surface area contributed by atoms with Gasteiger partial charge in [-0.05, 0) is 56.4 Å². The molecule has 0 radical (unpaired) electrons. The number of ether oxygens (including phenoxy) is 1. The summed E-state index contributed by atoms with van der Waals surface area (Å²) in [5, 5.41) is 0. The largest absolute Gasteiger partial charge is 0.457 e. The van der Waals surface area contributed by atoms with Crippen molar-refractivity contribution in [1.82, 2.24) is 0 Å². The first-order valence-electron chi connectivity index (χ1n) is 5.79. The summed E-state index contributed by atoms with van der Waals surface area (Å²) in [4.78, 5) is 0. The molecule has 0 aromatic heterocycles. The lowest BCUT2D eigenvalue weighted by Gasteiger charge is -2.20. The van der Waals surface area contributed by atoms with E-state index in [2.05, 4.69) is 32.6 Å². The second kappa shape index (κ2) is 4.56. The molecule has 1 aromatic carbocycles. The van der Waals surface area contributed by atoms with E-state index in [0.29, 0.717) is 0 Å². The maximum atomic E-state index is 5.91. The SMILES string of the molecule is C=C1CCCC(C)=C1Oc1ccc(C)cc1. The number of rotatable bonds is 2. The Labute approximate surface area is 97.4 Å². The number of allylic oxidation sites excluding steroid dienone is 2. The monoisotopic (exact) mass is 214 g/mol. The van der Waals surface area contributed by atoms with Crippen molar-refractivity contribution in [2.75, 3.05) is 0 Å². The molecule has 0 N–H and O–H groups in total. The molecule has 0 spiro atoms. The number of hydrogen-bond donors (Lipinski definition) is 0. The fourth-order valence-electron chi connectivity index (χ4n) is 1.98. The zero-order valence-corrected chi connectivity index (χ0v) is 10.0. The van der Waals surface area contributed by atoms with Crippen LogP contribution in [0.5, 0.6) is 5.75 Å². The number of benzene rings is 1. The molecule has 0 saturated heterocycles. The van der Waals surface area contributed by atoms with Gasteiger partial charge in [0.2, 0.25) is 0 Å². The van der Waals surface area contributed by atoms with Crippen LogP contribution in [0.1, 0.15) is 31.7 Å². The highest BCUT2D eigenvalue weighted by Gasteiger charge is 2.14. The summed E-state index contributed by atoms with van der Waals surface area (Å²) in [6.45, 7) is 8.29. The summed E-state index contributed by atoms with van der Waals surface area (Å²) >= 11 is 0. The van der Waals surface area contributed by atoms with E-state index >= 15 is 0 Å². The first kappa shape index (κ1) is 11.0. The summed E-state index contributed by atoms with van der Waals surface area (Å²) < 4.78 is 5.91. The van der Waals surface area contributed by atoms with Gasteiger partial charge >= 0.3 is 0 Å². The predicted molar refractivity (Wildman–Crippen MR) is 67.5 cm³/mol. The standard InChI is InChI=1S/C15H18O/c1-11-7-9-14(10-8-11)16-15-12(2)5-4-6-13(15)3/h7-10H,2,4-6H2,1,3H3. The van der Waals surface area contributed by atoms with Crippen LogP contribution < -0.4 is 4.74 Å². The van der Waals surface area contributed by atoms with Gasteiger partial charge in [-0.25, -0.2) is 0 Å². The van der Waals surface area contributed by atoms with Crippen LogP contribution in [0.2, 0.25) is 0 Å². The third-order valence-corrected chi connectivity index (χ3v) is 2.98. The predicted octanol–water partition coefficient (Wildman–Crippen LogP) is 4.39. The Bertz CT molecular complexity index is 423. The molecule has 0 unspecified atom stereocenters. The third kappa shape index (κ3) is 2.35. The Kier molecular flexibility index (Phi) is 3.14. The van der Waals surface area contributed by atoms with E-state index in [0.717, 1.165) is 29.9 Å². The Morgan fingerprint density at radius 1 is 1.06 bits per heavy atom. The van der Waals surface area contributed by atoms with E-state index in [1.54, 1.807) is 0 Å².